The molecule has 4 heterocycles. The highest BCUT2D eigenvalue weighted by atomic mass is 35.5. The van der Waals surface area contributed by atoms with E-state index in [0.29, 0.717) is 43.0 Å². The Morgan fingerprint density at radius 2 is 1.77 bits per heavy atom. The molecule has 0 aliphatic carbocycles. The van der Waals surface area contributed by atoms with Crippen LogP contribution < -0.4 is 0 Å². The number of oxime groups is 1. The van der Waals surface area contributed by atoms with Crippen molar-refractivity contribution in [2.24, 2.45) is 28.8 Å². The number of aliphatic hydroxyl groups is 1. The molecule has 2 aromatic rings. The molecule has 14 atom stereocenters. The number of cyclic esters (lactones) is 1. The van der Waals surface area contributed by atoms with Gasteiger partial charge in [-0.2, -0.15) is 0 Å². The van der Waals surface area contributed by atoms with Gasteiger partial charge in [0.2, 0.25) is 0 Å². The van der Waals surface area contributed by atoms with Gasteiger partial charge in [0.25, 0.3) is 0 Å². The number of methoxy groups -OCH3 is 1. The Balaban J connectivity index is 1.61. The molecule has 3 saturated heterocycles. The fourth-order valence-electron chi connectivity index (χ4n) is 9.50. The summed E-state index contributed by atoms with van der Waals surface area (Å²) < 4.78 is 44.9. The summed E-state index contributed by atoms with van der Waals surface area (Å²) >= 11 is 6.49. The Morgan fingerprint density at radius 1 is 1.03 bits per heavy atom. The molecular weight excluding hydrogens is 806 g/mol. The van der Waals surface area contributed by atoms with Crippen molar-refractivity contribution in [3.8, 4) is 0 Å². The number of carbonyl (C=O) groups is 2. The largest absolute Gasteiger partial charge is 0.509 e. The molecule has 3 fully saturated rings. The average molecular weight is 875 g/mol. The molecule has 0 bridgehead atoms. The maximum Gasteiger partial charge on any atom is 0.509 e. The molecule has 3 aliphatic heterocycles. The number of rotatable bonds is 13. The van der Waals surface area contributed by atoms with Crippen LogP contribution in [0.15, 0.2) is 53.9 Å². The molecule has 14 nitrogen and oxygen atoms in total. The summed E-state index contributed by atoms with van der Waals surface area (Å²) in [6.07, 6.45) is -0.345. The lowest BCUT2D eigenvalue weighted by atomic mass is 9.73. The highest BCUT2D eigenvalue weighted by molar-refractivity contribution is 6.31. The number of halogens is 1. The molecule has 0 saturated carbocycles. The maximum atomic E-state index is 14.5. The van der Waals surface area contributed by atoms with Gasteiger partial charge in [0.05, 0.1) is 35.5 Å². The number of likely N-dealkylation sites (N-methyl/N-ethyl adjacent to an activating group) is 1. The molecule has 0 unspecified atom stereocenters. The number of aromatic nitrogens is 1. The lowest BCUT2D eigenvalue weighted by molar-refractivity contribution is -0.302. The van der Waals surface area contributed by atoms with Crippen LogP contribution in [0.3, 0.4) is 0 Å². The second-order valence-electron chi connectivity index (χ2n) is 17.8. The van der Waals surface area contributed by atoms with E-state index in [-0.39, 0.29) is 24.7 Å². The number of hydrogen-bond acceptors (Lipinski definition) is 14. The van der Waals surface area contributed by atoms with Gasteiger partial charge in [0, 0.05) is 60.5 Å². The molecule has 0 spiro atoms. The van der Waals surface area contributed by atoms with Crippen molar-refractivity contribution in [1.82, 2.24) is 9.88 Å². The predicted octanol–water partition coefficient (Wildman–Crippen LogP) is 7.41. The van der Waals surface area contributed by atoms with Crippen LogP contribution in [0.25, 0.3) is 0 Å². The Kier molecular flexibility index (Phi) is 17.0. The summed E-state index contributed by atoms with van der Waals surface area (Å²) in [6, 6.07) is 11.0. The lowest BCUT2D eigenvalue weighted by Crippen LogP contribution is -2.60. The lowest BCUT2D eigenvalue weighted by Gasteiger charge is -2.48. The number of carbonyl (C=O) groups excluding carboxylic acids is 2. The third kappa shape index (κ3) is 11.4. The minimum absolute atomic E-state index is 0.0835. The van der Waals surface area contributed by atoms with E-state index >= 15 is 0 Å². The smallest absolute Gasteiger partial charge is 0.458 e. The molecule has 3 aliphatic rings. The molecule has 0 amide bonds. The summed E-state index contributed by atoms with van der Waals surface area (Å²) in [5, 5.41) is 17.1. The highest BCUT2D eigenvalue weighted by Crippen LogP contribution is 2.43. The van der Waals surface area contributed by atoms with Gasteiger partial charge in [-0.3, -0.25) is 9.78 Å². The van der Waals surface area contributed by atoms with Crippen LogP contribution in [0.1, 0.15) is 92.2 Å². The van der Waals surface area contributed by atoms with E-state index in [0.717, 1.165) is 17.5 Å². The first-order chi connectivity index (χ1) is 28.9. The van der Waals surface area contributed by atoms with Crippen LogP contribution in [0.2, 0.25) is 5.02 Å². The second-order valence-corrected chi connectivity index (χ2v) is 18.2. The van der Waals surface area contributed by atoms with Crippen molar-refractivity contribution in [2.75, 3.05) is 27.8 Å². The van der Waals surface area contributed by atoms with Crippen LogP contribution in [-0.2, 0) is 55.8 Å². The van der Waals surface area contributed by atoms with Gasteiger partial charge in [-0.15, -0.1) is 0 Å². The number of aliphatic hydroxyl groups excluding tert-OH is 1. The van der Waals surface area contributed by atoms with Crippen molar-refractivity contribution in [3.05, 3.63) is 64.9 Å². The van der Waals surface area contributed by atoms with Gasteiger partial charge in [0.15, 0.2) is 18.0 Å². The topological polar surface area (TPSA) is 157 Å². The molecular formula is C46H68ClN3O11. The first-order valence-electron chi connectivity index (χ1n) is 21.7. The van der Waals surface area contributed by atoms with Crippen LogP contribution in [-0.4, -0.2) is 121 Å². The van der Waals surface area contributed by atoms with Gasteiger partial charge < -0.3 is 48.0 Å². The van der Waals surface area contributed by atoms with E-state index < -0.39 is 77.9 Å². The van der Waals surface area contributed by atoms with Crippen LogP contribution in [0.4, 0.5) is 4.79 Å². The van der Waals surface area contributed by atoms with Crippen molar-refractivity contribution in [2.45, 2.75) is 154 Å². The minimum atomic E-state index is -1.38. The summed E-state index contributed by atoms with van der Waals surface area (Å²) in [7, 11) is 5.47. The number of fused-ring (bicyclic) bond motifs is 1. The number of nitrogens with zero attached hydrogens (tertiary/aromatic N) is 3. The zero-order chi connectivity index (χ0) is 44.6. The SMILES string of the molecule is CC[C@H]1OC(=O)[C@H](C)[C@@H](OCCCc2cccnc2)[C@H](C)[C@@H](O[C@@H]2O[C@H](C)C[C@H](N(C)C)[C@H]2O)[C@](C)(OC)C[C@@H](C)/C(=N\OCc2ccccc2Cl)[C@H](C)[C@H]2OC(=O)O[C@@]21C. The first-order valence-corrected chi connectivity index (χ1v) is 22.1. The van der Waals surface area contributed by atoms with Crippen molar-refractivity contribution in [1.29, 1.82) is 0 Å². The Hall–Kier alpha value is -3.37. The van der Waals surface area contributed by atoms with Gasteiger partial charge in [0.1, 0.15) is 18.8 Å². The van der Waals surface area contributed by atoms with Gasteiger partial charge in [-0.1, -0.05) is 68.7 Å². The number of hydrogen-bond donors (Lipinski definition) is 1. The van der Waals surface area contributed by atoms with Crippen LogP contribution in [0, 0.1) is 23.7 Å². The van der Waals surface area contributed by atoms with Gasteiger partial charge in [-0.05, 0) is 91.6 Å². The normalized spacial score (nSPS) is 37.0. The van der Waals surface area contributed by atoms with Gasteiger partial charge in [-0.25, -0.2) is 4.79 Å². The summed E-state index contributed by atoms with van der Waals surface area (Å²) in [5.41, 5.74) is -0.139. The molecule has 0 radical (unpaired) electrons. The first kappa shape index (κ1) is 48.7. The zero-order valence-electron chi connectivity index (χ0n) is 37.7. The van der Waals surface area contributed by atoms with Gasteiger partial charge >= 0.3 is 12.1 Å². The molecule has 1 N–H and O–H groups in total. The quantitative estimate of drug-likeness (QED) is 0.121. The number of ether oxygens (including phenoxy) is 7. The predicted molar refractivity (Wildman–Crippen MR) is 230 cm³/mol. The average Bonchev–Trinajstić information content (AvgIpc) is 3.55. The number of benzene rings is 1. The van der Waals surface area contributed by atoms with Crippen molar-refractivity contribution in [3.63, 3.8) is 0 Å². The second kappa shape index (κ2) is 21.3. The van der Waals surface area contributed by atoms with Crippen molar-refractivity contribution < 1.29 is 52.7 Å². The minimum Gasteiger partial charge on any atom is -0.458 e. The fraction of sp³-hybridized carbons (Fsp3) is 0.696. The van der Waals surface area contributed by atoms with E-state index in [4.69, 9.17) is 54.8 Å². The summed E-state index contributed by atoms with van der Waals surface area (Å²) in [5.74, 6) is -2.89. The molecule has 1 aromatic carbocycles. The van der Waals surface area contributed by atoms with Crippen LogP contribution in [0.5, 0.6) is 0 Å². The highest BCUT2D eigenvalue weighted by Gasteiger charge is 2.59. The summed E-state index contributed by atoms with van der Waals surface area (Å²) in [4.78, 5) is 39.9. The molecule has 15 heteroatoms. The third-order valence-electron chi connectivity index (χ3n) is 13.0. The number of esters is 1. The zero-order valence-corrected chi connectivity index (χ0v) is 38.5. The van der Waals surface area contributed by atoms with Crippen molar-refractivity contribution >= 4 is 29.4 Å². The van der Waals surface area contributed by atoms with E-state index in [1.165, 1.54) is 0 Å². The van der Waals surface area contributed by atoms with E-state index in [1.54, 1.807) is 33.2 Å². The molecule has 1 aromatic heterocycles. The van der Waals surface area contributed by atoms with E-state index in [1.807, 2.05) is 97.1 Å². The Morgan fingerprint density at radius 3 is 2.43 bits per heavy atom. The Bertz CT molecular complexity index is 1770. The number of aryl methyl sites for hydroxylation is 1. The standard InChI is InChI=1S/C46H68ClN3O11/c1-12-36-46(8)41(60-44(53)61-46)29(4)37(49-56-26-33-19-13-14-20-34(33)47)27(2)24-45(7,54-11)40(59-43-38(51)35(50(9)10)23-28(3)57-43)30(5)39(31(6)42(52)58-36)55-22-16-18-32-17-15-21-48-25-32/h13-15,17,19-21,25,27-31,35-36,38-41,43,51H,12,16,18,22-24,26H2,1-11H3/b49-37+/t27-,28-,29+,30+,31-,35+,36-,38-,39+,40-,41-,43+,45-,46-/m1/s1. The van der Waals surface area contributed by atoms with E-state index in [2.05, 4.69) is 4.98 Å². The number of pyridine rings is 1. The van der Waals surface area contributed by atoms with Crippen LogP contribution >= 0.6 is 11.6 Å². The monoisotopic (exact) mass is 873 g/mol. The Labute approximate surface area is 366 Å². The molecule has 5 rings (SSSR count). The van der Waals surface area contributed by atoms with E-state index in [9.17, 15) is 14.7 Å². The maximum absolute atomic E-state index is 14.5. The molecule has 61 heavy (non-hydrogen) atoms. The fourth-order valence-corrected chi connectivity index (χ4v) is 9.69. The molecule has 340 valence electrons. The summed E-state index contributed by atoms with van der Waals surface area (Å²) in [6.45, 7) is 15.6. The third-order valence-corrected chi connectivity index (χ3v) is 13.3.